The summed E-state index contributed by atoms with van der Waals surface area (Å²) in [6, 6.07) is 7.39. The van der Waals surface area contributed by atoms with Crippen LogP contribution in [0.25, 0.3) is 11.3 Å². The monoisotopic (exact) mass is 342 g/mol. The predicted molar refractivity (Wildman–Crippen MR) is 97.4 cm³/mol. The number of oxazole rings is 1. The summed E-state index contributed by atoms with van der Waals surface area (Å²) in [6.07, 6.45) is 3.06. The Balaban J connectivity index is 1.45. The fraction of sp³-hybridized carbons (Fsp3) is 0.474. The largest absolute Gasteiger partial charge is 0.444 e. The molecule has 1 saturated heterocycles. The number of likely N-dealkylation sites (N-methyl/N-ethyl adjacent to an activating group) is 1. The van der Waals surface area contributed by atoms with E-state index in [1.54, 1.807) is 6.20 Å². The van der Waals surface area contributed by atoms with E-state index in [0.717, 1.165) is 38.3 Å². The van der Waals surface area contributed by atoms with Gasteiger partial charge in [0.15, 0.2) is 12.2 Å². The van der Waals surface area contributed by atoms with Crippen LogP contribution in [0.15, 0.2) is 41.3 Å². The van der Waals surface area contributed by atoms with Crippen molar-refractivity contribution in [1.29, 1.82) is 0 Å². The molecule has 2 heterocycles. The first kappa shape index (κ1) is 17.6. The van der Waals surface area contributed by atoms with Crippen LogP contribution in [0, 0.1) is 5.92 Å². The molecule has 1 aliphatic heterocycles. The van der Waals surface area contributed by atoms with Crippen LogP contribution in [0.2, 0.25) is 0 Å². The molecule has 1 aromatic carbocycles. The van der Waals surface area contributed by atoms with Crippen molar-refractivity contribution in [3.05, 3.63) is 42.4 Å². The van der Waals surface area contributed by atoms with Gasteiger partial charge in [-0.25, -0.2) is 4.98 Å². The van der Waals surface area contributed by atoms with E-state index in [0.29, 0.717) is 23.8 Å². The first-order chi connectivity index (χ1) is 12.1. The lowest BCUT2D eigenvalue weighted by Gasteiger charge is -2.33. The standard InChI is InChI=1S/C19H26N4O2/c1-15(13-23-9-7-22(2)8-10-23)11-21-19(24)17-5-3-16(4-6-17)18-12-20-14-25-18/h3-6,12,14-15H,7-11,13H2,1-2H3,(H,21,24)/t15-/m1/s1. The Morgan fingerprint density at radius 1 is 1.24 bits per heavy atom. The molecule has 1 aromatic heterocycles. The van der Waals surface area contributed by atoms with Gasteiger partial charge in [-0.05, 0) is 25.1 Å². The molecule has 0 saturated carbocycles. The number of hydrogen-bond donors (Lipinski definition) is 1. The average Bonchev–Trinajstić information content (AvgIpc) is 3.16. The molecule has 6 nitrogen and oxygen atoms in total. The normalized spacial score (nSPS) is 17.4. The molecule has 25 heavy (non-hydrogen) atoms. The Morgan fingerprint density at radius 2 is 1.96 bits per heavy atom. The molecule has 3 rings (SSSR count). The number of rotatable bonds is 6. The predicted octanol–water partition coefficient (Wildman–Crippen LogP) is 1.95. The molecule has 0 bridgehead atoms. The van der Waals surface area contributed by atoms with Crippen LogP contribution in [0.5, 0.6) is 0 Å². The molecule has 6 heteroatoms. The van der Waals surface area contributed by atoms with E-state index in [4.69, 9.17) is 4.42 Å². The Kier molecular flexibility index (Phi) is 5.83. The van der Waals surface area contributed by atoms with Crippen molar-refractivity contribution in [2.24, 2.45) is 5.92 Å². The molecule has 134 valence electrons. The summed E-state index contributed by atoms with van der Waals surface area (Å²) in [7, 11) is 2.16. The number of hydrogen-bond acceptors (Lipinski definition) is 5. The van der Waals surface area contributed by atoms with E-state index < -0.39 is 0 Å². The molecular formula is C19H26N4O2. The Morgan fingerprint density at radius 3 is 2.60 bits per heavy atom. The number of nitrogens with one attached hydrogen (secondary N) is 1. The lowest BCUT2D eigenvalue weighted by atomic mass is 10.1. The summed E-state index contributed by atoms with van der Waals surface area (Å²) in [5, 5.41) is 3.04. The van der Waals surface area contributed by atoms with Gasteiger partial charge in [-0.1, -0.05) is 19.1 Å². The fourth-order valence-corrected chi connectivity index (χ4v) is 3.05. The van der Waals surface area contributed by atoms with Crippen molar-refractivity contribution in [2.45, 2.75) is 6.92 Å². The van der Waals surface area contributed by atoms with Crippen molar-refractivity contribution in [2.75, 3.05) is 46.3 Å². The second-order valence-corrected chi connectivity index (χ2v) is 6.86. The summed E-state index contributed by atoms with van der Waals surface area (Å²) < 4.78 is 5.26. The van der Waals surface area contributed by atoms with Crippen LogP contribution < -0.4 is 5.32 Å². The van der Waals surface area contributed by atoms with E-state index >= 15 is 0 Å². The SMILES string of the molecule is C[C@H](CNC(=O)c1ccc(-c2cnco2)cc1)CN1CCN(C)CC1. The quantitative estimate of drug-likeness (QED) is 0.869. The Bertz CT molecular complexity index is 661. The molecule has 1 N–H and O–H groups in total. The molecule has 1 fully saturated rings. The van der Waals surface area contributed by atoms with Gasteiger partial charge >= 0.3 is 0 Å². The number of nitrogens with zero attached hydrogens (tertiary/aromatic N) is 3. The smallest absolute Gasteiger partial charge is 0.251 e. The van der Waals surface area contributed by atoms with Crippen LogP contribution in [-0.4, -0.2) is 67.0 Å². The van der Waals surface area contributed by atoms with Gasteiger partial charge in [0.2, 0.25) is 0 Å². The molecule has 0 unspecified atom stereocenters. The minimum atomic E-state index is -0.0330. The first-order valence-corrected chi connectivity index (χ1v) is 8.80. The molecule has 1 atom stereocenters. The molecule has 0 radical (unpaired) electrons. The molecule has 2 aromatic rings. The molecular weight excluding hydrogens is 316 g/mol. The van der Waals surface area contributed by atoms with Crippen molar-refractivity contribution >= 4 is 5.91 Å². The van der Waals surface area contributed by atoms with Crippen molar-refractivity contribution in [1.82, 2.24) is 20.1 Å². The van der Waals surface area contributed by atoms with Crippen molar-refractivity contribution < 1.29 is 9.21 Å². The van der Waals surface area contributed by atoms with Gasteiger partial charge in [-0.3, -0.25) is 4.79 Å². The second kappa shape index (κ2) is 8.27. The van der Waals surface area contributed by atoms with Gasteiger partial charge < -0.3 is 19.5 Å². The average molecular weight is 342 g/mol. The first-order valence-electron chi connectivity index (χ1n) is 8.80. The minimum absolute atomic E-state index is 0.0330. The summed E-state index contributed by atoms with van der Waals surface area (Å²) >= 11 is 0. The molecule has 0 spiro atoms. The van der Waals surface area contributed by atoms with Crippen molar-refractivity contribution in [3.8, 4) is 11.3 Å². The zero-order valence-electron chi connectivity index (χ0n) is 14.9. The van der Waals surface area contributed by atoms with Gasteiger partial charge in [0.25, 0.3) is 5.91 Å². The van der Waals surface area contributed by atoms with Crippen LogP contribution in [-0.2, 0) is 0 Å². The second-order valence-electron chi connectivity index (χ2n) is 6.86. The van der Waals surface area contributed by atoms with Crippen LogP contribution in [0.1, 0.15) is 17.3 Å². The van der Waals surface area contributed by atoms with Gasteiger partial charge in [0, 0.05) is 50.4 Å². The highest BCUT2D eigenvalue weighted by atomic mass is 16.3. The van der Waals surface area contributed by atoms with Crippen molar-refractivity contribution in [3.63, 3.8) is 0 Å². The van der Waals surface area contributed by atoms with E-state index in [9.17, 15) is 4.79 Å². The number of piperazine rings is 1. The zero-order chi connectivity index (χ0) is 17.6. The zero-order valence-corrected chi connectivity index (χ0v) is 14.9. The molecule has 1 aliphatic rings. The highest BCUT2D eigenvalue weighted by molar-refractivity contribution is 5.94. The van der Waals surface area contributed by atoms with E-state index in [2.05, 4.69) is 34.1 Å². The number of carbonyl (C=O) groups is 1. The maximum atomic E-state index is 12.3. The number of amides is 1. The van der Waals surface area contributed by atoms with E-state index in [1.807, 2.05) is 24.3 Å². The number of carbonyl (C=O) groups excluding carboxylic acids is 1. The maximum absolute atomic E-state index is 12.3. The summed E-state index contributed by atoms with van der Waals surface area (Å²) in [6.45, 7) is 8.36. The van der Waals surface area contributed by atoms with Crippen LogP contribution in [0.3, 0.4) is 0 Å². The van der Waals surface area contributed by atoms with Crippen LogP contribution >= 0.6 is 0 Å². The molecule has 1 amide bonds. The van der Waals surface area contributed by atoms with E-state index in [1.165, 1.54) is 6.39 Å². The van der Waals surface area contributed by atoms with Gasteiger partial charge in [0.05, 0.1) is 6.20 Å². The maximum Gasteiger partial charge on any atom is 0.251 e. The van der Waals surface area contributed by atoms with E-state index in [-0.39, 0.29) is 5.91 Å². The third kappa shape index (κ3) is 4.90. The summed E-state index contributed by atoms with van der Waals surface area (Å²) in [5.74, 6) is 1.10. The summed E-state index contributed by atoms with van der Waals surface area (Å²) in [5.41, 5.74) is 1.58. The third-order valence-corrected chi connectivity index (χ3v) is 4.64. The highest BCUT2D eigenvalue weighted by Gasteiger charge is 2.16. The lowest BCUT2D eigenvalue weighted by molar-refractivity contribution is 0.0937. The Labute approximate surface area is 148 Å². The highest BCUT2D eigenvalue weighted by Crippen LogP contribution is 2.18. The Hall–Kier alpha value is -2.18. The third-order valence-electron chi connectivity index (χ3n) is 4.64. The number of aromatic nitrogens is 1. The topological polar surface area (TPSA) is 61.6 Å². The van der Waals surface area contributed by atoms with Gasteiger partial charge in [-0.2, -0.15) is 0 Å². The van der Waals surface area contributed by atoms with Gasteiger partial charge in [-0.15, -0.1) is 0 Å². The molecule has 0 aliphatic carbocycles. The van der Waals surface area contributed by atoms with Gasteiger partial charge in [0.1, 0.15) is 0 Å². The lowest BCUT2D eigenvalue weighted by Crippen LogP contribution is -2.46. The summed E-state index contributed by atoms with van der Waals surface area (Å²) in [4.78, 5) is 21.0. The fourth-order valence-electron chi connectivity index (χ4n) is 3.05. The van der Waals surface area contributed by atoms with Crippen LogP contribution in [0.4, 0.5) is 0 Å². The number of benzene rings is 1. The minimum Gasteiger partial charge on any atom is -0.444 e.